The molecule has 0 aliphatic heterocycles. The Morgan fingerprint density at radius 2 is 2.05 bits per heavy atom. The van der Waals surface area contributed by atoms with Crippen LogP contribution in [-0.4, -0.2) is 40.0 Å². The van der Waals surface area contributed by atoms with Gasteiger partial charge in [0, 0.05) is 23.5 Å². The molecule has 0 unspecified atom stereocenters. The summed E-state index contributed by atoms with van der Waals surface area (Å²) in [6, 6.07) is 8.05. The first-order valence-corrected chi connectivity index (χ1v) is 6.27. The molecule has 21 heavy (non-hydrogen) atoms. The predicted octanol–water partition coefficient (Wildman–Crippen LogP) is 1.24. The van der Waals surface area contributed by atoms with Crippen LogP contribution in [0.15, 0.2) is 47.8 Å². The molecule has 0 spiro atoms. The average Bonchev–Trinajstić information content (AvgIpc) is 2.44. The number of hydrogen-bond acceptors (Lipinski definition) is 3. The number of hydrogen-bond donors (Lipinski definition) is 2. The van der Waals surface area contributed by atoms with Gasteiger partial charge >= 0.3 is 5.97 Å². The van der Waals surface area contributed by atoms with Crippen LogP contribution in [0.3, 0.4) is 0 Å². The molecule has 0 saturated heterocycles. The van der Waals surface area contributed by atoms with Gasteiger partial charge in [-0.05, 0) is 6.07 Å². The van der Waals surface area contributed by atoms with Gasteiger partial charge in [0.1, 0.15) is 6.54 Å². The maximum Gasteiger partial charge on any atom is 0.323 e. The number of amides is 1. The number of carboxylic acid groups (broad SMARTS) is 1. The average molecular weight is 286 g/mol. The van der Waals surface area contributed by atoms with E-state index in [0.717, 1.165) is 4.90 Å². The summed E-state index contributed by atoms with van der Waals surface area (Å²) in [4.78, 5) is 38.8. The zero-order chi connectivity index (χ0) is 15.4. The van der Waals surface area contributed by atoms with Gasteiger partial charge in [-0.15, -0.1) is 6.58 Å². The second kappa shape index (κ2) is 6.04. The maximum atomic E-state index is 12.5. The van der Waals surface area contributed by atoms with Crippen molar-refractivity contribution in [3.05, 3.63) is 58.9 Å². The molecule has 0 bridgehead atoms. The number of nitrogens with zero attached hydrogens (tertiary/aromatic N) is 1. The van der Waals surface area contributed by atoms with Gasteiger partial charge in [-0.25, -0.2) is 0 Å². The largest absolute Gasteiger partial charge is 0.480 e. The Labute approximate surface area is 120 Å². The lowest BCUT2D eigenvalue weighted by Crippen LogP contribution is -2.36. The van der Waals surface area contributed by atoms with E-state index >= 15 is 0 Å². The molecule has 0 aliphatic rings. The highest BCUT2D eigenvalue weighted by Gasteiger charge is 2.20. The van der Waals surface area contributed by atoms with E-state index in [2.05, 4.69) is 11.6 Å². The number of aromatic amines is 1. The molecule has 1 amide bonds. The number of nitrogens with one attached hydrogen (secondary N) is 1. The molecule has 6 nitrogen and oxygen atoms in total. The number of para-hydroxylation sites is 1. The highest BCUT2D eigenvalue weighted by Crippen LogP contribution is 2.16. The van der Waals surface area contributed by atoms with Crippen LogP contribution in [0, 0.1) is 0 Å². The van der Waals surface area contributed by atoms with Crippen LogP contribution >= 0.6 is 0 Å². The fourth-order valence-electron chi connectivity index (χ4n) is 2.09. The third-order valence-corrected chi connectivity index (χ3v) is 2.94. The normalized spacial score (nSPS) is 10.3. The second-order valence-electron chi connectivity index (χ2n) is 4.46. The Bertz CT molecular complexity index is 764. The SMILES string of the molecule is C=CCN(CC(=O)O)C(=O)c1cc(=O)[nH]c2ccccc12. The lowest BCUT2D eigenvalue weighted by Gasteiger charge is -2.19. The highest BCUT2D eigenvalue weighted by atomic mass is 16.4. The van der Waals surface area contributed by atoms with E-state index in [1.165, 1.54) is 12.1 Å². The Morgan fingerprint density at radius 1 is 1.33 bits per heavy atom. The lowest BCUT2D eigenvalue weighted by atomic mass is 10.1. The van der Waals surface area contributed by atoms with E-state index in [-0.39, 0.29) is 12.1 Å². The van der Waals surface area contributed by atoms with Crippen molar-refractivity contribution in [3.8, 4) is 0 Å². The van der Waals surface area contributed by atoms with Crippen LogP contribution in [0.25, 0.3) is 10.9 Å². The zero-order valence-electron chi connectivity index (χ0n) is 11.2. The molecule has 1 aromatic carbocycles. The quantitative estimate of drug-likeness (QED) is 0.809. The van der Waals surface area contributed by atoms with Crippen LogP contribution in [0.1, 0.15) is 10.4 Å². The Kier molecular flexibility index (Phi) is 4.18. The fraction of sp³-hybridized carbons (Fsp3) is 0.133. The summed E-state index contributed by atoms with van der Waals surface area (Å²) in [7, 11) is 0. The maximum absolute atomic E-state index is 12.5. The van der Waals surface area contributed by atoms with Crippen molar-refractivity contribution >= 4 is 22.8 Å². The van der Waals surface area contributed by atoms with Gasteiger partial charge < -0.3 is 15.0 Å². The van der Waals surface area contributed by atoms with Crippen molar-refractivity contribution in [2.75, 3.05) is 13.1 Å². The predicted molar refractivity (Wildman–Crippen MR) is 78.3 cm³/mol. The smallest absolute Gasteiger partial charge is 0.323 e. The molecule has 2 rings (SSSR count). The molecule has 0 atom stereocenters. The summed E-state index contributed by atoms with van der Waals surface area (Å²) < 4.78 is 0. The summed E-state index contributed by atoms with van der Waals surface area (Å²) >= 11 is 0. The lowest BCUT2D eigenvalue weighted by molar-refractivity contribution is -0.137. The summed E-state index contributed by atoms with van der Waals surface area (Å²) in [5.74, 6) is -1.64. The van der Waals surface area contributed by atoms with Crippen molar-refractivity contribution in [3.63, 3.8) is 0 Å². The molecule has 0 radical (unpaired) electrons. The van der Waals surface area contributed by atoms with E-state index in [1.807, 2.05) is 0 Å². The molecule has 2 N–H and O–H groups in total. The Balaban J connectivity index is 2.53. The van der Waals surface area contributed by atoms with Crippen molar-refractivity contribution < 1.29 is 14.7 Å². The molecule has 0 saturated carbocycles. The minimum Gasteiger partial charge on any atom is -0.480 e. The number of fused-ring (bicyclic) bond motifs is 1. The number of carbonyl (C=O) groups excluding carboxylic acids is 1. The molecule has 2 aromatic rings. The van der Waals surface area contributed by atoms with Crippen molar-refractivity contribution in [1.29, 1.82) is 0 Å². The molecule has 1 heterocycles. The van der Waals surface area contributed by atoms with Gasteiger partial charge in [0.25, 0.3) is 5.91 Å². The third kappa shape index (κ3) is 3.17. The number of carbonyl (C=O) groups is 2. The van der Waals surface area contributed by atoms with Gasteiger partial charge in [0.05, 0.1) is 5.56 Å². The van der Waals surface area contributed by atoms with Crippen molar-refractivity contribution in [1.82, 2.24) is 9.88 Å². The van der Waals surface area contributed by atoms with Crippen LogP contribution < -0.4 is 5.56 Å². The number of pyridine rings is 1. The van der Waals surface area contributed by atoms with Gasteiger partial charge in [0.2, 0.25) is 5.56 Å². The monoisotopic (exact) mass is 286 g/mol. The summed E-state index contributed by atoms with van der Waals surface area (Å²) in [5, 5.41) is 9.45. The van der Waals surface area contributed by atoms with Crippen LogP contribution in [0.4, 0.5) is 0 Å². The van der Waals surface area contributed by atoms with Gasteiger partial charge in [0.15, 0.2) is 0 Å². The van der Waals surface area contributed by atoms with Crippen LogP contribution in [0.5, 0.6) is 0 Å². The highest BCUT2D eigenvalue weighted by molar-refractivity contribution is 6.06. The minimum atomic E-state index is -1.13. The first-order chi connectivity index (χ1) is 10.0. The second-order valence-corrected chi connectivity index (χ2v) is 4.46. The van der Waals surface area contributed by atoms with E-state index < -0.39 is 24.0 Å². The van der Waals surface area contributed by atoms with Gasteiger partial charge in [-0.2, -0.15) is 0 Å². The first kappa shape index (κ1) is 14.5. The van der Waals surface area contributed by atoms with Gasteiger partial charge in [-0.3, -0.25) is 14.4 Å². The number of benzene rings is 1. The van der Waals surface area contributed by atoms with Crippen LogP contribution in [0.2, 0.25) is 0 Å². The molecule has 108 valence electrons. The number of carboxylic acids is 1. The number of rotatable bonds is 5. The standard InChI is InChI=1S/C15H14N2O4/c1-2-7-17(9-14(19)20)15(21)11-8-13(18)16-12-6-4-3-5-10(11)12/h2-6,8H,1,7,9H2,(H,16,18)(H,19,20). The number of H-pyrrole nitrogens is 1. The molecule has 1 aromatic heterocycles. The fourth-order valence-corrected chi connectivity index (χ4v) is 2.09. The third-order valence-electron chi connectivity index (χ3n) is 2.94. The Hall–Kier alpha value is -2.89. The molecule has 6 heteroatoms. The summed E-state index contributed by atoms with van der Waals surface area (Å²) in [6.45, 7) is 3.15. The first-order valence-electron chi connectivity index (χ1n) is 6.27. The van der Waals surface area contributed by atoms with E-state index in [0.29, 0.717) is 10.9 Å². The van der Waals surface area contributed by atoms with E-state index in [1.54, 1.807) is 24.3 Å². The van der Waals surface area contributed by atoms with Crippen molar-refractivity contribution in [2.45, 2.75) is 0 Å². The molecular weight excluding hydrogens is 272 g/mol. The van der Waals surface area contributed by atoms with Crippen molar-refractivity contribution in [2.24, 2.45) is 0 Å². The molecule has 0 aliphatic carbocycles. The number of aliphatic carboxylic acids is 1. The van der Waals surface area contributed by atoms with Gasteiger partial charge in [-0.1, -0.05) is 24.3 Å². The van der Waals surface area contributed by atoms with Crippen LogP contribution in [-0.2, 0) is 4.79 Å². The summed E-state index contributed by atoms with van der Waals surface area (Å²) in [5.41, 5.74) is 0.297. The van der Waals surface area contributed by atoms with E-state index in [9.17, 15) is 14.4 Å². The Morgan fingerprint density at radius 3 is 2.71 bits per heavy atom. The number of aromatic nitrogens is 1. The molecule has 0 fully saturated rings. The molecular formula is C15H14N2O4. The van der Waals surface area contributed by atoms with E-state index in [4.69, 9.17) is 5.11 Å². The zero-order valence-corrected chi connectivity index (χ0v) is 11.2. The minimum absolute atomic E-state index is 0.0895. The topological polar surface area (TPSA) is 90.5 Å². The summed E-state index contributed by atoms with van der Waals surface area (Å²) in [6.07, 6.45) is 1.44.